The topological polar surface area (TPSA) is 15.3 Å². The molecule has 1 atom stereocenters. The van der Waals surface area contributed by atoms with Crippen molar-refractivity contribution < 1.29 is 0 Å². The molecule has 4 fully saturated rings. The van der Waals surface area contributed by atoms with Crippen LogP contribution in [-0.2, 0) is 0 Å². The summed E-state index contributed by atoms with van der Waals surface area (Å²) in [5, 5.41) is 3.87. The van der Waals surface area contributed by atoms with E-state index in [0.717, 1.165) is 23.7 Å². The highest BCUT2D eigenvalue weighted by Gasteiger charge is 2.45. The van der Waals surface area contributed by atoms with Crippen molar-refractivity contribution in [2.45, 2.75) is 57.4 Å². The second-order valence-electron chi connectivity index (χ2n) is 8.05. The molecule has 19 heavy (non-hydrogen) atoms. The molecule has 0 aromatic rings. The zero-order chi connectivity index (χ0) is 12.9. The van der Waals surface area contributed by atoms with Gasteiger partial charge >= 0.3 is 0 Å². The van der Waals surface area contributed by atoms with Gasteiger partial charge in [0.05, 0.1) is 0 Å². The number of rotatable bonds is 5. The van der Waals surface area contributed by atoms with Gasteiger partial charge in [0.15, 0.2) is 0 Å². The quantitative estimate of drug-likeness (QED) is 0.819. The first-order valence-electron chi connectivity index (χ1n) is 8.72. The Balaban J connectivity index is 1.40. The summed E-state index contributed by atoms with van der Waals surface area (Å²) in [4.78, 5) is 2.83. The minimum Gasteiger partial charge on any atom is -0.310 e. The molecule has 1 aliphatic heterocycles. The molecule has 1 N–H and O–H groups in total. The minimum absolute atomic E-state index is 0.425. The van der Waals surface area contributed by atoms with Gasteiger partial charge in [-0.2, -0.15) is 0 Å². The number of hydrogen-bond acceptors (Lipinski definition) is 2. The summed E-state index contributed by atoms with van der Waals surface area (Å²) in [5.41, 5.74) is 0.425. The summed E-state index contributed by atoms with van der Waals surface area (Å²) in [6.07, 6.45) is 10.4. The standard InChI is InChI=1S/C17H30N2/c1-17(15-7-8-15)12-19(10-2-9-18-17)11-16(13-3-4-13)14-5-6-14/h13-16,18H,2-12H2,1H3. The molecule has 3 aliphatic carbocycles. The van der Waals surface area contributed by atoms with Crippen molar-refractivity contribution >= 4 is 0 Å². The van der Waals surface area contributed by atoms with Crippen LogP contribution in [0.25, 0.3) is 0 Å². The maximum atomic E-state index is 3.87. The summed E-state index contributed by atoms with van der Waals surface area (Å²) in [7, 11) is 0. The van der Waals surface area contributed by atoms with E-state index in [1.807, 2.05) is 0 Å². The van der Waals surface area contributed by atoms with Crippen LogP contribution in [0.3, 0.4) is 0 Å². The number of nitrogens with one attached hydrogen (secondary N) is 1. The first kappa shape index (κ1) is 12.6. The molecule has 3 saturated carbocycles. The molecule has 0 radical (unpaired) electrons. The maximum absolute atomic E-state index is 3.87. The van der Waals surface area contributed by atoms with Crippen molar-refractivity contribution in [3.05, 3.63) is 0 Å². The van der Waals surface area contributed by atoms with Gasteiger partial charge in [-0.05, 0) is 88.6 Å². The third kappa shape index (κ3) is 2.85. The van der Waals surface area contributed by atoms with Gasteiger partial charge in [0.1, 0.15) is 0 Å². The Hall–Kier alpha value is -0.0800. The molecular formula is C17H30N2. The highest BCUT2D eigenvalue weighted by Crippen LogP contribution is 2.50. The summed E-state index contributed by atoms with van der Waals surface area (Å²) in [6.45, 7) is 7.80. The van der Waals surface area contributed by atoms with Crippen molar-refractivity contribution in [1.29, 1.82) is 0 Å². The average molecular weight is 262 g/mol. The van der Waals surface area contributed by atoms with Gasteiger partial charge in [-0.15, -0.1) is 0 Å². The van der Waals surface area contributed by atoms with Crippen LogP contribution >= 0.6 is 0 Å². The van der Waals surface area contributed by atoms with Crippen LogP contribution < -0.4 is 5.32 Å². The lowest BCUT2D eigenvalue weighted by Crippen LogP contribution is -2.51. The fraction of sp³-hybridized carbons (Fsp3) is 1.00. The fourth-order valence-corrected chi connectivity index (χ4v) is 4.46. The molecule has 0 spiro atoms. The van der Waals surface area contributed by atoms with Gasteiger partial charge in [0, 0.05) is 18.6 Å². The maximum Gasteiger partial charge on any atom is 0.0308 e. The van der Waals surface area contributed by atoms with Crippen LogP contribution in [0.4, 0.5) is 0 Å². The summed E-state index contributed by atoms with van der Waals surface area (Å²) in [5.74, 6) is 4.24. The zero-order valence-electron chi connectivity index (χ0n) is 12.5. The molecule has 1 unspecified atom stereocenters. The van der Waals surface area contributed by atoms with Gasteiger partial charge in [-0.25, -0.2) is 0 Å². The van der Waals surface area contributed by atoms with E-state index in [1.54, 1.807) is 0 Å². The van der Waals surface area contributed by atoms with Gasteiger partial charge < -0.3 is 10.2 Å². The smallest absolute Gasteiger partial charge is 0.0308 e. The van der Waals surface area contributed by atoms with Crippen molar-refractivity contribution in [3.63, 3.8) is 0 Å². The Morgan fingerprint density at radius 2 is 1.79 bits per heavy atom. The molecule has 2 nitrogen and oxygen atoms in total. The summed E-state index contributed by atoms with van der Waals surface area (Å²) >= 11 is 0. The van der Waals surface area contributed by atoms with Crippen molar-refractivity contribution in [1.82, 2.24) is 10.2 Å². The fourth-order valence-electron chi connectivity index (χ4n) is 4.46. The summed E-state index contributed by atoms with van der Waals surface area (Å²) < 4.78 is 0. The van der Waals surface area contributed by atoms with Crippen molar-refractivity contribution in [2.75, 3.05) is 26.2 Å². The highest BCUT2D eigenvalue weighted by molar-refractivity contribution is 5.02. The lowest BCUT2D eigenvalue weighted by atomic mass is 9.93. The zero-order valence-corrected chi connectivity index (χ0v) is 12.5. The molecule has 108 valence electrons. The second kappa shape index (κ2) is 4.73. The molecule has 0 bridgehead atoms. The molecule has 1 saturated heterocycles. The Bertz CT molecular complexity index is 318. The number of nitrogens with zero attached hydrogens (tertiary/aromatic N) is 1. The lowest BCUT2D eigenvalue weighted by Gasteiger charge is -2.35. The molecule has 1 heterocycles. The monoisotopic (exact) mass is 262 g/mol. The van der Waals surface area contributed by atoms with E-state index >= 15 is 0 Å². The predicted molar refractivity (Wildman–Crippen MR) is 79.1 cm³/mol. The van der Waals surface area contributed by atoms with Crippen LogP contribution in [0, 0.1) is 23.7 Å². The average Bonchev–Trinajstić information content (AvgIpc) is 3.28. The van der Waals surface area contributed by atoms with E-state index in [4.69, 9.17) is 0 Å². The van der Waals surface area contributed by atoms with Crippen molar-refractivity contribution in [2.24, 2.45) is 23.7 Å². The third-order valence-electron chi connectivity index (χ3n) is 6.13. The van der Waals surface area contributed by atoms with Gasteiger partial charge in [0.25, 0.3) is 0 Å². The first-order valence-corrected chi connectivity index (χ1v) is 8.72. The minimum atomic E-state index is 0.425. The Morgan fingerprint density at radius 3 is 2.37 bits per heavy atom. The summed E-state index contributed by atoms with van der Waals surface area (Å²) in [6, 6.07) is 0. The van der Waals surface area contributed by atoms with Crippen LogP contribution in [0.15, 0.2) is 0 Å². The second-order valence-corrected chi connectivity index (χ2v) is 8.05. The van der Waals surface area contributed by atoms with Gasteiger partial charge in [-0.3, -0.25) is 0 Å². The third-order valence-corrected chi connectivity index (χ3v) is 6.13. The molecule has 0 aromatic carbocycles. The predicted octanol–water partition coefficient (Wildman–Crippen LogP) is 2.89. The van der Waals surface area contributed by atoms with Crippen molar-refractivity contribution in [3.8, 4) is 0 Å². The van der Waals surface area contributed by atoms with E-state index in [9.17, 15) is 0 Å². The van der Waals surface area contributed by atoms with Crippen LogP contribution in [0.1, 0.15) is 51.9 Å². The van der Waals surface area contributed by atoms with Gasteiger partial charge in [0.2, 0.25) is 0 Å². The molecule has 2 heteroatoms. The lowest BCUT2D eigenvalue weighted by molar-refractivity contribution is 0.162. The van der Waals surface area contributed by atoms with E-state index in [0.29, 0.717) is 5.54 Å². The van der Waals surface area contributed by atoms with Crippen LogP contribution in [-0.4, -0.2) is 36.6 Å². The Kier molecular flexibility index (Phi) is 3.15. The number of hydrogen-bond donors (Lipinski definition) is 1. The largest absolute Gasteiger partial charge is 0.310 e. The molecule has 0 amide bonds. The van der Waals surface area contributed by atoms with Gasteiger partial charge in [-0.1, -0.05) is 0 Å². The molecular weight excluding hydrogens is 232 g/mol. The van der Waals surface area contributed by atoms with E-state index < -0.39 is 0 Å². The van der Waals surface area contributed by atoms with Crippen LogP contribution in [0.2, 0.25) is 0 Å². The van der Waals surface area contributed by atoms with E-state index in [2.05, 4.69) is 17.1 Å². The van der Waals surface area contributed by atoms with E-state index in [-0.39, 0.29) is 0 Å². The highest BCUT2D eigenvalue weighted by atomic mass is 15.2. The SMILES string of the molecule is CC1(C2CC2)CN(CC(C2CC2)C2CC2)CCCN1. The first-order chi connectivity index (χ1) is 9.24. The van der Waals surface area contributed by atoms with E-state index in [1.165, 1.54) is 71.1 Å². The molecule has 4 rings (SSSR count). The molecule has 4 aliphatic rings. The molecule has 0 aromatic heterocycles. The normalized spacial score (nSPS) is 37.6. The Labute approximate surface area is 118 Å². The Morgan fingerprint density at radius 1 is 1.11 bits per heavy atom. The van der Waals surface area contributed by atoms with Crippen LogP contribution in [0.5, 0.6) is 0 Å².